The second-order valence-electron chi connectivity index (χ2n) is 8.01. The van der Waals surface area contributed by atoms with Gasteiger partial charge in [0.15, 0.2) is 5.25 Å². The molecule has 0 aliphatic heterocycles. The van der Waals surface area contributed by atoms with E-state index in [1.54, 1.807) is 0 Å². The van der Waals surface area contributed by atoms with Gasteiger partial charge in [0, 0.05) is 5.97 Å². The molecule has 0 aliphatic carbocycles. The van der Waals surface area contributed by atoms with Crippen molar-refractivity contribution < 1.29 is 72.2 Å². The molecule has 0 amide bonds. The Bertz CT molecular complexity index is 609. The van der Waals surface area contributed by atoms with Crippen LogP contribution in [0.2, 0.25) is 0 Å². The van der Waals surface area contributed by atoms with E-state index in [-0.39, 0.29) is 36.0 Å². The van der Waals surface area contributed by atoms with E-state index in [1.165, 1.54) is 83.5 Å². The normalized spacial score (nSPS) is 11.6. The van der Waals surface area contributed by atoms with Gasteiger partial charge in [-0.3, -0.25) is 14.1 Å². The minimum Gasteiger partial charge on any atom is -0.550 e. The summed E-state index contributed by atoms with van der Waals surface area (Å²) in [5.74, 6) is -4.40. The summed E-state index contributed by atoms with van der Waals surface area (Å²) in [7, 11) is -4.84. The van der Waals surface area contributed by atoms with Crippen molar-refractivity contribution in [2.24, 2.45) is 0 Å². The summed E-state index contributed by atoms with van der Waals surface area (Å²) in [6.07, 6.45) is 18.7. The quantitative estimate of drug-likeness (QED) is 0.123. The molecular formula is C22H41NaO9S. The number of hydrogen-bond donors (Lipinski definition) is 3. The molecule has 0 aromatic heterocycles. The standard InChI is InChI=1S/C18H36O2.C4H6O7S.Na/c1-2-3-4-5-6-7-8-9-10-11-12-13-14-15-16-17-18(19)20;5-3(6)1-2(4(7)8)12(9,10)11;/h2-17H2,1H3,(H,19,20);2H,1H2,(H,5,6)(H,7,8)(H,9,10,11);/q;;+1/p-1. The second kappa shape index (κ2) is 24.4. The second-order valence-corrected chi connectivity index (χ2v) is 9.61. The van der Waals surface area contributed by atoms with Gasteiger partial charge >= 0.3 is 41.5 Å². The number of carbonyl (C=O) groups excluding carboxylic acids is 1. The molecule has 9 nitrogen and oxygen atoms in total. The number of rotatable bonds is 20. The summed E-state index contributed by atoms with van der Waals surface area (Å²) in [6, 6.07) is 0. The fourth-order valence-electron chi connectivity index (χ4n) is 3.12. The Kier molecular flexibility index (Phi) is 27.3. The molecule has 1 unspecified atom stereocenters. The van der Waals surface area contributed by atoms with Crippen LogP contribution in [-0.2, 0) is 24.5 Å². The Morgan fingerprint density at radius 2 is 1.06 bits per heavy atom. The van der Waals surface area contributed by atoms with Gasteiger partial charge in [0.05, 0.1) is 6.42 Å². The minimum atomic E-state index is -4.84. The predicted molar refractivity (Wildman–Crippen MR) is 120 cm³/mol. The van der Waals surface area contributed by atoms with E-state index in [0.29, 0.717) is 0 Å². The van der Waals surface area contributed by atoms with Gasteiger partial charge in [-0.15, -0.1) is 0 Å². The van der Waals surface area contributed by atoms with E-state index >= 15 is 0 Å². The zero-order valence-electron chi connectivity index (χ0n) is 20.3. The molecule has 0 saturated carbocycles. The van der Waals surface area contributed by atoms with Crippen molar-refractivity contribution in [2.45, 2.75) is 121 Å². The van der Waals surface area contributed by atoms with Gasteiger partial charge in [-0.25, -0.2) is 0 Å². The molecule has 33 heavy (non-hydrogen) atoms. The number of unbranched alkanes of at least 4 members (excludes halogenated alkanes) is 14. The van der Waals surface area contributed by atoms with Crippen LogP contribution in [0.15, 0.2) is 0 Å². The summed E-state index contributed by atoms with van der Waals surface area (Å²) in [5, 5.41) is 24.1. The first-order valence-corrected chi connectivity index (χ1v) is 13.1. The van der Waals surface area contributed by atoms with Crippen LogP contribution >= 0.6 is 0 Å². The van der Waals surface area contributed by atoms with Crippen molar-refractivity contribution in [1.29, 1.82) is 0 Å². The minimum absolute atomic E-state index is 0. The molecule has 3 N–H and O–H groups in total. The van der Waals surface area contributed by atoms with Crippen molar-refractivity contribution in [1.82, 2.24) is 0 Å². The Morgan fingerprint density at radius 1 is 0.727 bits per heavy atom. The monoisotopic (exact) mass is 504 g/mol. The zero-order chi connectivity index (χ0) is 24.8. The maximum absolute atomic E-state index is 10.2. The topological polar surface area (TPSA) is 169 Å². The van der Waals surface area contributed by atoms with Gasteiger partial charge in [-0.1, -0.05) is 96.8 Å². The molecule has 0 saturated heterocycles. The van der Waals surface area contributed by atoms with Crippen LogP contribution in [0.1, 0.15) is 116 Å². The Labute approximate surface area is 220 Å². The van der Waals surface area contributed by atoms with Crippen molar-refractivity contribution in [3.63, 3.8) is 0 Å². The third-order valence-corrected chi connectivity index (χ3v) is 6.07. The summed E-state index contributed by atoms with van der Waals surface area (Å²) in [4.78, 5) is 30.2. The Balaban J connectivity index is -0.000000596. The largest absolute Gasteiger partial charge is 1.00 e. The first-order valence-electron chi connectivity index (χ1n) is 11.6. The van der Waals surface area contributed by atoms with Gasteiger partial charge in [0.25, 0.3) is 10.1 Å². The van der Waals surface area contributed by atoms with E-state index < -0.39 is 39.7 Å². The molecule has 1 atom stereocenters. The molecule has 0 rings (SSSR count). The SMILES string of the molecule is CCCCCCCCCCCCCCCCCC(=O)[O-].O=C(O)CC(C(=O)O)S(=O)(=O)O.[Na+]. The number of carbonyl (C=O) groups is 3. The van der Waals surface area contributed by atoms with Crippen LogP contribution in [0.4, 0.5) is 0 Å². The van der Waals surface area contributed by atoms with Crippen LogP contribution in [0, 0.1) is 0 Å². The fraction of sp³-hybridized carbons (Fsp3) is 0.864. The third-order valence-electron chi connectivity index (χ3n) is 4.98. The first kappa shape index (κ1) is 36.9. The van der Waals surface area contributed by atoms with Crippen molar-refractivity contribution in [3.8, 4) is 0 Å². The number of carboxylic acid groups (broad SMARTS) is 3. The molecule has 0 bridgehead atoms. The van der Waals surface area contributed by atoms with Crippen molar-refractivity contribution >= 4 is 28.0 Å². The van der Waals surface area contributed by atoms with Gasteiger partial charge in [0.1, 0.15) is 0 Å². The predicted octanol–water partition coefficient (Wildman–Crippen LogP) is 0.804. The molecule has 0 aromatic carbocycles. The van der Waals surface area contributed by atoms with Crippen LogP contribution in [-0.4, -0.2) is 46.3 Å². The average molecular weight is 505 g/mol. The summed E-state index contributed by atoms with van der Waals surface area (Å²) >= 11 is 0. The van der Waals surface area contributed by atoms with Crippen LogP contribution in [0.5, 0.6) is 0 Å². The first-order chi connectivity index (χ1) is 15.0. The summed E-state index contributed by atoms with van der Waals surface area (Å²) in [5.41, 5.74) is 0. The molecule has 0 radical (unpaired) electrons. The van der Waals surface area contributed by atoms with Gasteiger partial charge in [-0.2, -0.15) is 8.42 Å². The van der Waals surface area contributed by atoms with E-state index in [0.717, 1.165) is 12.8 Å². The van der Waals surface area contributed by atoms with Gasteiger partial charge < -0.3 is 20.1 Å². The average Bonchev–Trinajstić information content (AvgIpc) is 2.68. The van der Waals surface area contributed by atoms with E-state index in [9.17, 15) is 27.9 Å². The molecular weight excluding hydrogens is 463 g/mol. The number of carboxylic acids is 3. The number of hydrogen-bond acceptors (Lipinski definition) is 6. The number of aliphatic carboxylic acids is 3. The smallest absolute Gasteiger partial charge is 0.550 e. The molecule has 190 valence electrons. The fourth-order valence-corrected chi connectivity index (χ4v) is 3.73. The van der Waals surface area contributed by atoms with Gasteiger partial charge in [-0.05, 0) is 12.8 Å². The Hall–Kier alpha value is -0.680. The van der Waals surface area contributed by atoms with Crippen molar-refractivity contribution in [2.75, 3.05) is 0 Å². The molecule has 0 aromatic rings. The molecule has 11 heteroatoms. The molecule has 0 spiro atoms. The molecule has 0 aliphatic rings. The third kappa shape index (κ3) is 29.3. The van der Waals surface area contributed by atoms with E-state index in [4.69, 9.17) is 14.8 Å². The van der Waals surface area contributed by atoms with Crippen LogP contribution in [0.25, 0.3) is 0 Å². The van der Waals surface area contributed by atoms with Crippen LogP contribution in [0.3, 0.4) is 0 Å². The Morgan fingerprint density at radius 3 is 1.27 bits per heavy atom. The van der Waals surface area contributed by atoms with E-state index in [2.05, 4.69) is 6.92 Å². The zero-order valence-corrected chi connectivity index (χ0v) is 23.1. The summed E-state index contributed by atoms with van der Waals surface area (Å²) < 4.78 is 28.7. The summed E-state index contributed by atoms with van der Waals surface area (Å²) in [6.45, 7) is 2.27. The molecule has 0 fully saturated rings. The molecule has 0 heterocycles. The maximum Gasteiger partial charge on any atom is 1.00 e. The van der Waals surface area contributed by atoms with Crippen molar-refractivity contribution in [3.05, 3.63) is 0 Å². The maximum atomic E-state index is 10.2. The van der Waals surface area contributed by atoms with E-state index in [1.807, 2.05) is 0 Å². The van der Waals surface area contributed by atoms with Crippen LogP contribution < -0.4 is 34.7 Å². The van der Waals surface area contributed by atoms with Gasteiger partial charge in [0.2, 0.25) is 0 Å².